The Kier molecular flexibility index (Phi) is 10.2. The van der Waals surface area contributed by atoms with Crippen molar-refractivity contribution in [3.8, 4) is 0 Å². The normalized spacial score (nSPS) is 12.1. The third-order valence-corrected chi connectivity index (χ3v) is 9.05. The minimum atomic E-state index is -4.14. The van der Waals surface area contributed by atoms with Crippen molar-refractivity contribution in [2.75, 3.05) is 17.9 Å². The minimum Gasteiger partial charge on any atom is -0.357 e. The van der Waals surface area contributed by atoms with Crippen LogP contribution in [0.25, 0.3) is 0 Å². The highest BCUT2D eigenvalue weighted by atomic mass is 79.9. The van der Waals surface area contributed by atoms with Gasteiger partial charge in [0.05, 0.1) is 10.6 Å². The van der Waals surface area contributed by atoms with Crippen LogP contribution in [0.5, 0.6) is 0 Å². The monoisotopic (exact) mass is 639 g/mol. The largest absolute Gasteiger partial charge is 0.357 e. The van der Waals surface area contributed by atoms with Crippen LogP contribution in [0, 0.1) is 6.92 Å². The average molecular weight is 641 g/mol. The van der Waals surface area contributed by atoms with Gasteiger partial charge in [-0.05, 0) is 61.9 Å². The summed E-state index contributed by atoms with van der Waals surface area (Å²) in [5, 5.41) is 3.25. The van der Waals surface area contributed by atoms with Crippen LogP contribution in [0.1, 0.15) is 24.5 Å². The first-order valence-electron chi connectivity index (χ1n) is 11.8. The van der Waals surface area contributed by atoms with Crippen molar-refractivity contribution in [3.05, 3.63) is 92.4 Å². The molecule has 3 rings (SSSR count). The number of aryl methyl sites for hydroxylation is 1. The van der Waals surface area contributed by atoms with Crippen molar-refractivity contribution < 1.29 is 18.0 Å². The molecule has 11 heteroatoms. The maximum Gasteiger partial charge on any atom is 0.264 e. The van der Waals surface area contributed by atoms with E-state index < -0.39 is 28.5 Å². The van der Waals surface area contributed by atoms with Crippen LogP contribution < -0.4 is 9.62 Å². The highest BCUT2D eigenvalue weighted by Crippen LogP contribution is 2.29. The second kappa shape index (κ2) is 13.0. The van der Waals surface area contributed by atoms with Crippen molar-refractivity contribution in [1.29, 1.82) is 0 Å². The Bertz CT molecular complexity index is 1380. The molecule has 1 atom stereocenters. The Balaban J connectivity index is 2.09. The Labute approximate surface area is 241 Å². The number of nitrogens with zero attached hydrogens (tertiary/aromatic N) is 2. The Hall–Kier alpha value is -2.59. The van der Waals surface area contributed by atoms with Gasteiger partial charge in [-0.15, -0.1) is 0 Å². The highest BCUT2D eigenvalue weighted by Gasteiger charge is 2.34. The van der Waals surface area contributed by atoms with Crippen LogP contribution >= 0.6 is 39.1 Å². The van der Waals surface area contributed by atoms with Crippen molar-refractivity contribution >= 4 is 66.7 Å². The summed E-state index contributed by atoms with van der Waals surface area (Å²) in [6.45, 7) is 2.99. The van der Waals surface area contributed by atoms with Gasteiger partial charge in [0, 0.05) is 33.7 Å². The SMILES string of the molecule is CCC(C(=O)NC)N(Cc1c(Cl)cccc1Cl)C(=O)CN(c1ccc(Br)cc1)S(=O)(=O)c1ccc(C)cc1. The van der Waals surface area contributed by atoms with Gasteiger partial charge in [-0.2, -0.15) is 0 Å². The summed E-state index contributed by atoms with van der Waals surface area (Å²) >= 11 is 16.1. The molecule has 0 aliphatic rings. The lowest BCUT2D eigenvalue weighted by Gasteiger charge is -2.33. The maximum absolute atomic E-state index is 13.9. The second-order valence-corrected chi connectivity index (χ2v) is 12.2. The van der Waals surface area contributed by atoms with Crippen LogP contribution in [0.2, 0.25) is 10.0 Å². The molecule has 1 N–H and O–H groups in total. The van der Waals surface area contributed by atoms with E-state index >= 15 is 0 Å². The topological polar surface area (TPSA) is 86.8 Å². The van der Waals surface area contributed by atoms with E-state index in [1.807, 2.05) is 6.92 Å². The van der Waals surface area contributed by atoms with Gasteiger partial charge in [-0.1, -0.05) is 69.8 Å². The third kappa shape index (κ3) is 6.88. The molecule has 3 aromatic rings. The lowest BCUT2D eigenvalue weighted by molar-refractivity contribution is -0.140. The van der Waals surface area contributed by atoms with Crippen LogP contribution in [-0.2, 0) is 26.2 Å². The molecule has 0 aliphatic heterocycles. The number of halogens is 3. The summed E-state index contributed by atoms with van der Waals surface area (Å²) in [5.74, 6) is -0.976. The average Bonchev–Trinajstić information content (AvgIpc) is 2.89. The van der Waals surface area contributed by atoms with Gasteiger partial charge in [0.15, 0.2) is 0 Å². The number of benzene rings is 3. The maximum atomic E-state index is 13.9. The molecule has 0 aliphatic carbocycles. The predicted octanol–water partition coefficient (Wildman–Crippen LogP) is 5.81. The molecule has 202 valence electrons. The standard InChI is InChI=1S/C27H28BrCl2N3O4S/c1-4-25(27(35)31-3)32(16-22-23(29)6-5-7-24(22)30)26(34)17-33(20-12-10-19(28)11-13-20)38(36,37)21-14-8-18(2)9-15-21/h5-15,25H,4,16-17H2,1-3H3,(H,31,35). The van der Waals surface area contributed by atoms with Crippen LogP contribution in [0.15, 0.2) is 76.1 Å². The zero-order valence-electron chi connectivity index (χ0n) is 21.1. The summed E-state index contributed by atoms with van der Waals surface area (Å²) in [4.78, 5) is 28.1. The number of nitrogens with one attached hydrogen (secondary N) is 1. The molecule has 0 bridgehead atoms. The molecule has 1 unspecified atom stereocenters. The summed E-state index contributed by atoms with van der Waals surface area (Å²) in [6.07, 6.45) is 0.288. The van der Waals surface area contributed by atoms with Crippen LogP contribution in [-0.4, -0.2) is 44.8 Å². The third-order valence-electron chi connectivity index (χ3n) is 6.02. The van der Waals surface area contributed by atoms with E-state index in [4.69, 9.17) is 23.2 Å². The predicted molar refractivity (Wildman–Crippen MR) is 155 cm³/mol. The molecular formula is C27H28BrCl2N3O4S. The molecule has 0 saturated heterocycles. The van der Waals surface area contributed by atoms with Gasteiger partial charge < -0.3 is 10.2 Å². The van der Waals surface area contributed by atoms with E-state index in [1.165, 1.54) is 24.1 Å². The molecule has 3 aromatic carbocycles. The van der Waals surface area contributed by atoms with Crippen molar-refractivity contribution in [2.24, 2.45) is 0 Å². The number of carbonyl (C=O) groups is 2. The fourth-order valence-electron chi connectivity index (χ4n) is 3.91. The van der Waals surface area contributed by atoms with Gasteiger partial charge in [0.25, 0.3) is 10.0 Å². The number of sulfonamides is 1. The molecule has 7 nitrogen and oxygen atoms in total. The van der Waals surface area contributed by atoms with E-state index in [-0.39, 0.29) is 23.8 Å². The Morgan fingerprint density at radius 2 is 1.55 bits per heavy atom. The zero-order chi connectivity index (χ0) is 28.0. The molecule has 0 fully saturated rings. The van der Waals surface area contributed by atoms with Gasteiger partial charge in [0.1, 0.15) is 12.6 Å². The molecule has 0 saturated carbocycles. The molecule has 0 spiro atoms. The fraction of sp³-hybridized carbons (Fsp3) is 0.259. The second-order valence-electron chi connectivity index (χ2n) is 8.56. The summed E-state index contributed by atoms with van der Waals surface area (Å²) in [5.41, 5.74) is 1.66. The number of hydrogen-bond acceptors (Lipinski definition) is 4. The first-order chi connectivity index (χ1) is 18.0. The number of hydrogen-bond donors (Lipinski definition) is 1. The van der Waals surface area contributed by atoms with Crippen molar-refractivity contribution in [1.82, 2.24) is 10.2 Å². The van der Waals surface area contributed by atoms with Gasteiger partial charge in [-0.3, -0.25) is 13.9 Å². The number of carbonyl (C=O) groups excluding carboxylic acids is 2. The number of likely N-dealkylation sites (N-methyl/N-ethyl adjacent to an activating group) is 1. The molecule has 0 aromatic heterocycles. The van der Waals surface area contributed by atoms with E-state index in [9.17, 15) is 18.0 Å². The smallest absolute Gasteiger partial charge is 0.264 e. The van der Waals surface area contributed by atoms with E-state index in [0.29, 0.717) is 21.3 Å². The van der Waals surface area contributed by atoms with Crippen LogP contribution in [0.4, 0.5) is 5.69 Å². The number of rotatable bonds is 10. The molecule has 0 heterocycles. The van der Waals surface area contributed by atoms with Gasteiger partial charge in [0.2, 0.25) is 11.8 Å². The van der Waals surface area contributed by atoms with Crippen molar-refractivity contribution in [2.45, 2.75) is 37.8 Å². The Morgan fingerprint density at radius 3 is 2.08 bits per heavy atom. The lowest BCUT2D eigenvalue weighted by Crippen LogP contribution is -2.51. The Morgan fingerprint density at radius 1 is 0.974 bits per heavy atom. The summed E-state index contributed by atoms with van der Waals surface area (Å²) in [7, 11) is -2.66. The van der Waals surface area contributed by atoms with E-state index in [0.717, 1.165) is 14.3 Å². The zero-order valence-corrected chi connectivity index (χ0v) is 25.0. The quantitative estimate of drug-likeness (QED) is 0.303. The lowest BCUT2D eigenvalue weighted by atomic mass is 10.1. The minimum absolute atomic E-state index is 0.0397. The van der Waals surface area contributed by atoms with Gasteiger partial charge >= 0.3 is 0 Å². The fourth-order valence-corrected chi connectivity index (χ4v) is 6.11. The highest BCUT2D eigenvalue weighted by molar-refractivity contribution is 9.10. The van der Waals surface area contributed by atoms with Gasteiger partial charge in [-0.25, -0.2) is 8.42 Å². The number of anilines is 1. The molecule has 2 amide bonds. The van der Waals surface area contributed by atoms with E-state index in [2.05, 4.69) is 21.2 Å². The first kappa shape index (κ1) is 30.0. The summed E-state index contributed by atoms with van der Waals surface area (Å²) < 4.78 is 29.4. The number of amides is 2. The van der Waals surface area contributed by atoms with Crippen molar-refractivity contribution in [3.63, 3.8) is 0 Å². The molecule has 0 radical (unpaired) electrons. The van der Waals surface area contributed by atoms with Crippen LogP contribution in [0.3, 0.4) is 0 Å². The first-order valence-corrected chi connectivity index (χ1v) is 14.8. The van der Waals surface area contributed by atoms with E-state index in [1.54, 1.807) is 61.5 Å². The molecular weight excluding hydrogens is 613 g/mol. The summed E-state index contributed by atoms with van der Waals surface area (Å²) in [6, 6.07) is 17.1. The molecule has 38 heavy (non-hydrogen) atoms.